The highest BCUT2D eigenvalue weighted by Gasteiger charge is 1.96. The summed E-state index contributed by atoms with van der Waals surface area (Å²) < 4.78 is 1.08. The Balaban J connectivity index is 2.89. The van der Waals surface area contributed by atoms with Crippen LogP contribution in [0.3, 0.4) is 0 Å². The topological polar surface area (TPSA) is 38.4 Å². The minimum atomic E-state index is 0.655. The lowest BCUT2D eigenvalue weighted by molar-refractivity contribution is 1.05. The summed E-state index contributed by atoms with van der Waals surface area (Å²) >= 11 is 3.41. The van der Waals surface area contributed by atoms with E-state index in [2.05, 4.69) is 40.0 Å². The Bertz CT molecular complexity index is 295. The van der Waals surface area contributed by atoms with E-state index in [4.69, 9.17) is 5.73 Å². The lowest BCUT2D eigenvalue weighted by Crippen LogP contribution is -1.92. The van der Waals surface area contributed by atoms with Crippen LogP contribution in [0, 0.1) is 6.92 Å². The van der Waals surface area contributed by atoms with Crippen molar-refractivity contribution >= 4 is 22.3 Å². The number of nitrogens with zero attached hydrogens (tertiary/aromatic N) is 1. The van der Waals surface area contributed by atoms with E-state index in [1.54, 1.807) is 0 Å². The summed E-state index contributed by atoms with van der Waals surface area (Å²) in [4.78, 5) is 3.98. The molecule has 3 heteroatoms. The molecule has 12 heavy (non-hydrogen) atoms. The Hall–Kier alpha value is -0.830. The van der Waals surface area contributed by atoms with Gasteiger partial charge in [0.15, 0.2) is 0 Å². The molecule has 0 saturated heterocycles. The normalized spacial score (nSPS) is 10.8. The van der Waals surface area contributed by atoms with Crippen LogP contribution in [0.5, 0.6) is 0 Å². The van der Waals surface area contributed by atoms with Gasteiger partial charge in [-0.25, -0.2) is 0 Å². The molecule has 1 aromatic rings. The summed E-state index contributed by atoms with van der Waals surface area (Å²) in [6.07, 6.45) is 1.33. The summed E-state index contributed by atoms with van der Waals surface area (Å²) in [7, 11) is 0. The standard InChI is InChI=1S/C9H11BrN2/c1-7-2-3-9(10)4-8(7)5-12-6-11/h2-4,6H,5H2,1H3,(H2,11,12). The second kappa shape index (κ2) is 4.26. The molecule has 0 bridgehead atoms. The predicted molar refractivity (Wildman–Crippen MR) is 55.3 cm³/mol. The third-order valence-corrected chi connectivity index (χ3v) is 2.17. The maximum absolute atomic E-state index is 5.16. The Morgan fingerprint density at radius 3 is 3.00 bits per heavy atom. The minimum Gasteiger partial charge on any atom is -0.390 e. The van der Waals surface area contributed by atoms with Crippen LogP contribution in [0.2, 0.25) is 0 Å². The fourth-order valence-electron chi connectivity index (χ4n) is 0.961. The van der Waals surface area contributed by atoms with E-state index in [1.807, 2.05) is 6.07 Å². The Morgan fingerprint density at radius 2 is 2.33 bits per heavy atom. The van der Waals surface area contributed by atoms with Gasteiger partial charge in [0.05, 0.1) is 12.9 Å². The Morgan fingerprint density at radius 1 is 1.58 bits per heavy atom. The quantitative estimate of drug-likeness (QED) is 0.610. The molecule has 0 fully saturated rings. The van der Waals surface area contributed by atoms with Crippen molar-refractivity contribution in [3.05, 3.63) is 33.8 Å². The minimum absolute atomic E-state index is 0.655. The molecule has 0 aliphatic carbocycles. The van der Waals surface area contributed by atoms with Crippen LogP contribution in [0.4, 0.5) is 0 Å². The first-order chi connectivity index (χ1) is 5.74. The fourth-order valence-corrected chi connectivity index (χ4v) is 1.37. The van der Waals surface area contributed by atoms with Crippen LogP contribution in [0.1, 0.15) is 11.1 Å². The second-order valence-corrected chi connectivity index (χ2v) is 3.48. The maximum Gasteiger partial charge on any atom is 0.0801 e. The van der Waals surface area contributed by atoms with E-state index in [9.17, 15) is 0 Å². The van der Waals surface area contributed by atoms with Crippen LogP contribution in [-0.4, -0.2) is 6.34 Å². The van der Waals surface area contributed by atoms with Crippen molar-refractivity contribution in [3.63, 3.8) is 0 Å². The van der Waals surface area contributed by atoms with Crippen molar-refractivity contribution in [2.75, 3.05) is 0 Å². The summed E-state index contributed by atoms with van der Waals surface area (Å²) in [5.74, 6) is 0. The SMILES string of the molecule is Cc1ccc(Br)cc1CN=CN. The highest BCUT2D eigenvalue weighted by molar-refractivity contribution is 9.10. The van der Waals surface area contributed by atoms with Gasteiger partial charge in [-0.05, 0) is 30.2 Å². The largest absolute Gasteiger partial charge is 0.390 e. The number of hydrogen-bond donors (Lipinski definition) is 1. The predicted octanol–water partition coefficient (Wildman–Crippen LogP) is 2.24. The lowest BCUT2D eigenvalue weighted by Gasteiger charge is -2.02. The molecule has 0 aromatic heterocycles. The lowest BCUT2D eigenvalue weighted by atomic mass is 10.1. The average molecular weight is 227 g/mol. The number of rotatable bonds is 2. The zero-order valence-corrected chi connectivity index (χ0v) is 8.51. The van der Waals surface area contributed by atoms with Crippen LogP contribution in [-0.2, 0) is 6.54 Å². The van der Waals surface area contributed by atoms with Gasteiger partial charge in [0.2, 0.25) is 0 Å². The Labute approximate surface area is 80.6 Å². The van der Waals surface area contributed by atoms with Crippen LogP contribution < -0.4 is 5.73 Å². The first-order valence-corrected chi connectivity index (χ1v) is 4.48. The first kappa shape index (κ1) is 9.26. The van der Waals surface area contributed by atoms with Gasteiger partial charge in [-0.3, -0.25) is 4.99 Å². The van der Waals surface area contributed by atoms with Gasteiger partial charge in [0.25, 0.3) is 0 Å². The molecule has 64 valence electrons. The molecule has 0 unspecified atom stereocenters. The van der Waals surface area contributed by atoms with Crippen LogP contribution in [0.25, 0.3) is 0 Å². The molecule has 0 atom stereocenters. The molecule has 0 aliphatic heterocycles. The molecule has 0 radical (unpaired) electrons. The highest BCUT2D eigenvalue weighted by atomic mass is 79.9. The summed E-state index contributed by atoms with van der Waals surface area (Å²) in [6.45, 7) is 2.72. The smallest absolute Gasteiger partial charge is 0.0801 e. The fraction of sp³-hybridized carbons (Fsp3) is 0.222. The highest BCUT2D eigenvalue weighted by Crippen LogP contribution is 2.16. The molecule has 2 N–H and O–H groups in total. The number of aliphatic imine (C=N–C) groups is 1. The van der Waals surface area contributed by atoms with Crippen molar-refractivity contribution < 1.29 is 0 Å². The van der Waals surface area contributed by atoms with Gasteiger partial charge in [0, 0.05) is 4.47 Å². The van der Waals surface area contributed by atoms with Gasteiger partial charge in [-0.1, -0.05) is 22.0 Å². The van der Waals surface area contributed by atoms with Gasteiger partial charge < -0.3 is 5.73 Å². The second-order valence-electron chi connectivity index (χ2n) is 2.56. The molecular weight excluding hydrogens is 216 g/mol. The van der Waals surface area contributed by atoms with Crippen molar-refractivity contribution in [1.29, 1.82) is 0 Å². The molecule has 1 aromatic carbocycles. The summed E-state index contributed by atoms with van der Waals surface area (Å²) in [5, 5.41) is 0. The summed E-state index contributed by atoms with van der Waals surface area (Å²) in [6, 6.07) is 6.14. The van der Waals surface area contributed by atoms with Crippen molar-refractivity contribution in [2.45, 2.75) is 13.5 Å². The van der Waals surface area contributed by atoms with Gasteiger partial charge >= 0.3 is 0 Å². The molecular formula is C9H11BrN2. The van der Waals surface area contributed by atoms with E-state index >= 15 is 0 Å². The molecule has 0 heterocycles. The van der Waals surface area contributed by atoms with E-state index in [0.717, 1.165) is 4.47 Å². The molecule has 2 nitrogen and oxygen atoms in total. The monoisotopic (exact) mass is 226 g/mol. The van der Waals surface area contributed by atoms with Crippen LogP contribution in [0.15, 0.2) is 27.7 Å². The number of benzene rings is 1. The number of aryl methyl sites for hydroxylation is 1. The number of hydrogen-bond acceptors (Lipinski definition) is 1. The van der Waals surface area contributed by atoms with E-state index in [1.165, 1.54) is 17.5 Å². The zero-order valence-electron chi connectivity index (χ0n) is 6.92. The maximum atomic E-state index is 5.16. The zero-order chi connectivity index (χ0) is 8.97. The third-order valence-electron chi connectivity index (χ3n) is 1.68. The Kier molecular flexibility index (Phi) is 3.29. The molecule has 0 spiro atoms. The average Bonchev–Trinajstić information content (AvgIpc) is 2.07. The van der Waals surface area contributed by atoms with Crippen molar-refractivity contribution in [1.82, 2.24) is 0 Å². The third kappa shape index (κ3) is 2.34. The molecule has 1 rings (SSSR count). The summed E-state index contributed by atoms with van der Waals surface area (Å²) in [5.41, 5.74) is 7.60. The van der Waals surface area contributed by atoms with E-state index in [-0.39, 0.29) is 0 Å². The van der Waals surface area contributed by atoms with Gasteiger partial charge in [0.1, 0.15) is 0 Å². The van der Waals surface area contributed by atoms with E-state index < -0.39 is 0 Å². The van der Waals surface area contributed by atoms with Crippen molar-refractivity contribution in [2.24, 2.45) is 10.7 Å². The molecule has 0 aliphatic rings. The molecule has 0 amide bonds. The number of nitrogens with two attached hydrogens (primary N) is 1. The molecule has 0 saturated carbocycles. The number of halogens is 1. The van der Waals surface area contributed by atoms with Crippen molar-refractivity contribution in [3.8, 4) is 0 Å². The van der Waals surface area contributed by atoms with E-state index in [0.29, 0.717) is 6.54 Å². The van der Waals surface area contributed by atoms with Crippen LogP contribution >= 0.6 is 15.9 Å². The van der Waals surface area contributed by atoms with Gasteiger partial charge in [-0.2, -0.15) is 0 Å². The first-order valence-electron chi connectivity index (χ1n) is 3.69. The van der Waals surface area contributed by atoms with Gasteiger partial charge in [-0.15, -0.1) is 0 Å².